The molecule has 1 aliphatic rings. The Morgan fingerprint density at radius 2 is 1.73 bits per heavy atom. The number of piperidine rings is 1. The highest BCUT2D eigenvalue weighted by Gasteiger charge is 2.35. The van der Waals surface area contributed by atoms with Crippen LogP contribution in [0, 0.1) is 5.92 Å². The van der Waals surface area contributed by atoms with Crippen molar-refractivity contribution < 1.29 is 31.1 Å². The van der Waals surface area contributed by atoms with Gasteiger partial charge in [-0.2, -0.15) is 26.3 Å². The standard InChI is InChI=1S/C23H19F6N3O/c24-22(25,26)16-6-7-19-17(10-16)20(31-13-30-19)9-14-5-8-21(33)32(11-14)12-15-3-1-2-4-18(15)23(27,28)29/h1-4,6-7,10,13-14H,5,8-9,11-12H2. The Bertz CT molecular complexity index is 1170. The average Bonchev–Trinajstić information content (AvgIpc) is 2.75. The van der Waals surface area contributed by atoms with E-state index in [2.05, 4.69) is 9.97 Å². The second-order valence-corrected chi connectivity index (χ2v) is 8.09. The van der Waals surface area contributed by atoms with Gasteiger partial charge in [0, 0.05) is 24.9 Å². The number of likely N-dealkylation sites (tertiary alicyclic amines) is 1. The molecule has 174 valence electrons. The van der Waals surface area contributed by atoms with Gasteiger partial charge in [0.05, 0.1) is 22.3 Å². The first-order valence-corrected chi connectivity index (χ1v) is 10.3. The number of carbonyl (C=O) groups excluding carboxylic acids is 1. The maximum atomic E-state index is 13.3. The second kappa shape index (κ2) is 8.64. The Morgan fingerprint density at radius 1 is 0.970 bits per heavy atom. The summed E-state index contributed by atoms with van der Waals surface area (Å²) in [5.41, 5.74) is -0.810. The summed E-state index contributed by atoms with van der Waals surface area (Å²) in [5.74, 6) is -0.413. The lowest BCUT2D eigenvalue weighted by Crippen LogP contribution is -2.40. The zero-order chi connectivity index (χ0) is 23.8. The lowest BCUT2D eigenvalue weighted by molar-refractivity contribution is -0.141. The van der Waals surface area contributed by atoms with Crippen LogP contribution in [0.1, 0.15) is 35.2 Å². The summed E-state index contributed by atoms with van der Waals surface area (Å²) >= 11 is 0. The highest BCUT2D eigenvalue weighted by atomic mass is 19.4. The van der Waals surface area contributed by atoms with E-state index in [1.54, 1.807) is 0 Å². The van der Waals surface area contributed by atoms with Gasteiger partial charge in [-0.05, 0) is 48.6 Å². The molecule has 10 heteroatoms. The fourth-order valence-corrected chi connectivity index (χ4v) is 4.17. The molecule has 3 aromatic rings. The minimum absolute atomic E-state index is 0.00121. The van der Waals surface area contributed by atoms with Gasteiger partial charge in [-0.1, -0.05) is 18.2 Å². The van der Waals surface area contributed by atoms with E-state index in [0.29, 0.717) is 17.6 Å². The highest BCUT2D eigenvalue weighted by molar-refractivity contribution is 5.81. The number of halogens is 6. The van der Waals surface area contributed by atoms with Gasteiger partial charge in [0.15, 0.2) is 0 Å². The topological polar surface area (TPSA) is 46.1 Å². The van der Waals surface area contributed by atoms with Crippen molar-refractivity contribution in [3.8, 4) is 0 Å². The third-order valence-corrected chi connectivity index (χ3v) is 5.81. The molecule has 1 atom stereocenters. The molecule has 0 saturated carbocycles. The van der Waals surface area contributed by atoms with Crippen molar-refractivity contribution in [3.05, 3.63) is 71.2 Å². The molecule has 4 rings (SSSR count). The van der Waals surface area contributed by atoms with E-state index >= 15 is 0 Å². The Kier molecular flexibility index (Phi) is 6.02. The molecule has 0 bridgehead atoms. The van der Waals surface area contributed by atoms with Crippen LogP contribution in [0.3, 0.4) is 0 Å². The molecule has 0 spiro atoms. The fourth-order valence-electron chi connectivity index (χ4n) is 4.17. The first-order chi connectivity index (χ1) is 15.5. The molecule has 2 heterocycles. The van der Waals surface area contributed by atoms with Crippen LogP contribution < -0.4 is 0 Å². The van der Waals surface area contributed by atoms with E-state index in [0.717, 1.165) is 18.2 Å². The molecule has 0 radical (unpaired) electrons. The molecule has 1 fully saturated rings. The molecule has 1 aliphatic heterocycles. The van der Waals surface area contributed by atoms with E-state index in [9.17, 15) is 31.1 Å². The van der Waals surface area contributed by atoms with E-state index in [1.807, 2.05) is 0 Å². The van der Waals surface area contributed by atoms with E-state index in [4.69, 9.17) is 0 Å². The summed E-state index contributed by atoms with van der Waals surface area (Å²) in [6.45, 7) is 0.00322. The van der Waals surface area contributed by atoms with Crippen LogP contribution in [-0.4, -0.2) is 27.3 Å². The number of aromatic nitrogens is 2. The van der Waals surface area contributed by atoms with Gasteiger partial charge in [0.2, 0.25) is 5.91 Å². The van der Waals surface area contributed by atoms with Crippen LogP contribution in [0.4, 0.5) is 26.3 Å². The summed E-state index contributed by atoms with van der Waals surface area (Å²) in [7, 11) is 0. The van der Waals surface area contributed by atoms with E-state index < -0.39 is 23.5 Å². The van der Waals surface area contributed by atoms with Crippen LogP contribution in [0.5, 0.6) is 0 Å². The highest BCUT2D eigenvalue weighted by Crippen LogP contribution is 2.34. The van der Waals surface area contributed by atoms with Crippen molar-refractivity contribution >= 4 is 16.8 Å². The number of alkyl halides is 6. The summed E-state index contributed by atoms with van der Waals surface area (Å²) in [6, 6.07) is 8.36. The number of benzene rings is 2. The molecule has 2 aromatic carbocycles. The molecule has 0 aliphatic carbocycles. The van der Waals surface area contributed by atoms with Crippen LogP contribution >= 0.6 is 0 Å². The minimum Gasteiger partial charge on any atom is -0.338 e. The maximum absolute atomic E-state index is 13.3. The van der Waals surface area contributed by atoms with Gasteiger partial charge in [-0.15, -0.1) is 0 Å². The number of hydrogen-bond acceptors (Lipinski definition) is 3. The van der Waals surface area contributed by atoms with Crippen molar-refractivity contribution in [3.63, 3.8) is 0 Å². The summed E-state index contributed by atoms with van der Waals surface area (Å²) in [5, 5.41) is 0.276. The minimum atomic E-state index is -4.54. The normalized spacial score (nSPS) is 17.6. The number of carbonyl (C=O) groups is 1. The van der Waals surface area contributed by atoms with Crippen LogP contribution in [0.15, 0.2) is 48.8 Å². The molecule has 1 aromatic heterocycles. The number of hydrogen-bond donors (Lipinski definition) is 0. The zero-order valence-electron chi connectivity index (χ0n) is 17.2. The van der Waals surface area contributed by atoms with Crippen LogP contribution in [0.25, 0.3) is 10.9 Å². The van der Waals surface area contributed by atoms with Crippen molar-refractivity contribution in [1.82, 2.24) is 14.9 Å². The number of amides is 1. The van der Waals surface area contributed by atoms with Crippen LogP contribution in [0.2, 0.25) is 0 Å². The quantitative estimate of drug-likeness (QED) is 0.466. The molecule has 33 heavy (non-hydrogen) atoms. The molecule has 0 N–H and O–H groups in total. The smallest absolute Gasteiger partial charge is 0.338 e. The number of nitrogens with zero attached hydrogens (tertiary/aromatic N) is 3. The molecular weight excluding hydrogens is 448 g/mol. The number of rotatable bonds is 4. The summed E-state index contributed by atoms with van der Waals surface area (Å²) in [6.07, 6.45) is -6.87. The second-order valence-electron chi connectivity index (χ2n) is 8.09. The Balaban J connectivity index is 1.56. The van der Waals surface area contributed by atoms with Gasteiger partial charge in [0.1, 0.15) is 6.33 Å². The Hall–Kier alpha value is -3.17. The lowest BCUT2D eigenvalue weighted by atomic mass is 9.91. The predicted octanol–water partition coefficient (Wildman–Crippen LogP) is 5.65. The monoisotopic (exact) mass is 467 g/mol. The Morgan fingerprint density at radius 3 is 2.45 bits per heavy atom. The van der Waals surface area contributed by atoms with Crippen molar-refractivity contribution in [2.45, 2.75) is 38.2 Å². The molecule has 4 nitrogen and oxygen atoms in total. The van der Waals surface area contributed by atoms with Gasteiger partial charge < -0.3 is 4.90 Å². The number of fused-ring (bicyclic) bond motifs is 1. The van der Waals surface area contributed by atoms with Crippen molar-refractivity contribution in [2.75, 3.05) is 6.54 Å². The van der Waals surface area contributed by atoms with E-state index in [1.165, 1.54) is 35.5 Å². The summed E-state index contributed by atoms with van der Waals surface area (Å²) < 4.78 is 79.5. The van der Waals surface area contributed by atoms with Crippen LogP contribution in [-0.2, 0) is 30.1 Å². The maximum Gasteiger partial charge on any atom is 0.416 e. The van der Waals surface area contributed by atoms with Crippen molar-refractivity contribution in [1.29, 1.82) is 0 Å². The largest absolute Gasteiger partial charge is 0.416 e. The van der Waals surface area contributed by atoms with Gasteiger partial charge in [-0.3, -0.25) is 4.79 Å². The van der Waals surface area contributed by atoms with Gasteiger partial charge in [0.25, 0.3) is 0 Å². The molecule has 1 unspecified atom stereocenters. The Labute approximate surface area is 185 Å². The lowest BCUT2D eigenvalue weighted by Gasteiger charge is -2.33. The van der Waals surface area contributed by atoms with Gasteiger partial charge in [-0.25, -0.2) is 9.97 Å². The predicted molar refractivity (Wildman–Crippen MR) is 108 cm³/mol. The van der Waals surface area contributed by atoms with E-state index in [-0.39, 0.29) is 48.7 Å². The third kappa shape index (κ3) is 5.09. The fraction of sp³-hybridized carbons (Fsp3) is 0.348. The average molecular weight is 467 g/mol. The third-order valence-electron chi connectivity index (χ3n) is 5.81. The zero-order valence-corrected chi connectivity index (χ0v) is 17.2. The molecule has 1 saturated heterocycles. The molecular formula is C23H19F6N3O. The summed E-state index contributed by atoms with van der Waals surface area (Å²) in [4.78, 5) is 22.0. The molecule has 1 amide bonds. The van der Waals surface area contributed by atoms with Gasteiger partial charge >= 0.3 is 12.4 Å². The first-order valence-electron chi connectivity index (χ1n) is 10.3. The first kappa shape index (κ1) is 23.0. The van der Waals surface area contributed by atoms with Crippen molar-refractivity contribution in [2.24, 2.45) is 5.92 Å². The SMILES string of the molecule is O=C1CCC(Cc2ncnc3ccc(C(F)(F)F)cc23)CN1Cc1ccccc1C(F)(F)F.